The molecule has 0 unspecified atom stereocenters. The molecule has 2 heterocycles. The van der Waals surface area contributed by atoms with Crippen molar-refractivity contribution in [1.82, 2.24) is 20.5 Å². The Morgan fingerprint density at radius 2 is 2.09 bits per heavy atom. The van der Waals surface area contributed by atoms with Gasteiger partial charge in [-0.2, -0.15) is 0 Å². The standard InChI is InChI=1S/C16H25N5O.HI/c1-3-17-16(19-11-14-13(2)7-6-8-18-14)20-12-15(22)21-9-4-5-10-21;/h6-8H,3-5,9-12H2,1-2H3,(H2,17,19,20);1H. The Balaban J connectivity index is 0.00000264. The van der Waals surface area contributed by atoms with E-state index in [9.17, 15) is 4.79 Å². The number of nitrogens with zero attached hydrogens (tertiary/aromatic N) is 3. The number of aryl methyl sites for hydroxylation is 1. The summed E-state index contributed by atoms with van der Waals surface area (Å²) in [5.41, 5.74) is 2.07. The summed E-state index contributed by atoms with van der Waals surface area (Å²) in [5, 5.41) is 6.27. The van der Waals surface area contributed by atoms with Crippen molar-refractivity contribution in [1.29, 1.82) is 0 Å². The lowest BCUT2D eigenvalue weighted by atomic mass is 10.2. The van der Waals surface area contributed by atoms with E-state index in [-0.39, 0.29) is 36.4 Å². The second kappa shape index (κ2) is 10.4. The smallest absolute Gasteiger partial charge is 0.241 e. The van der Waals surface area contributed by atoms with Crippen molar-refractivity contribution < 1.29 is 4.79 Å². The lowest BCUT2D eigenvalue weighted by Crippen LogP contribution is -2.44. The number of hydrogen-bond acceptors (Lipinski definition) is 3. The minimum atomic E-state index is 0. The van der Waals surface area contributed by atoms with E-state index in [0.29, 0.717) is 12.5 Å². The molecule has 2 N–H and O–H groups in total. The Labute approximate surface area is 155 Å². The van der Waals surface area contributed by atoms with Crippen LogP contribution in [0.25, 0.3) is 0 Å². The summed E-state index contributed by atoms with van der Waals surface area (Å²) in [6.07, 6.45) is 3.99. The zero-order valence-corrected chi connectivity index (χ0v) is 16.2. The fourth-order valence-corrected chi connectivity index (χ4v) is 2.42. The number of aromatic nitrogens is 1. The molecule has 0 spiro atoms. The zero-order valence-electron chi connectivity index (χ0n) is 13.8. The van der Waals surface area contributed by atoms with Crippen LogP contribution in [0.2, 0.25) is 0 Å². The Hall–Kier alpha value is -1.38. The number of pyridine rings is 1. The van der Waals surface area contributed by atoms with Crippen LogP contribution in [0.1, 0.15) is 31.0 Å². The van der Waals surface area contributed by atoms with E-state index in [1.54, 1.807) is 6.20 Å². The highest BCUT2D eigenvalue weighted by Crippen LogP contribution is 2.07. The van der Waals surface area contributed by atoms with Crippen molar-refractivity contribution in [2.45, 2.75) is 33.2 Å². The molecule has 0 aliphatic carbocycles. The van der Waals surface area contributed by atoms with Gasteiger partial charge in [0.05, 0.1) is 18.8 Å². The third kappa shape index (κ3) is 6.32. The van der Waals surface area contributed by atoms with Gasteiger partial charge in [0, 0.05) is 25.8 Å². The van der Waals surface area contributed by atoms with Crippen molar-refractivity contribution in [3.05, 3.63) is 29.6 Å². The summed E-state index contributed by atoms with van der Waals surface area (Å²) < 4.78 is 0. The van der Waals surface area contributed by atoms with E-state index in [4.69, 9.17) is 0 Å². The minimum Gasteiger partial charge on any atom is -0.357 e. The lowest BCUT2D eigenvalue weighted by Gasteiger charge is -2.17. The summed E-state index contributed by atoms with van der Waals surface area (Å²) in [6.45, 7) is 7.32. The normalized spacial score (nSPS) is 14.3. The molecular formula is C16H26IN5O. The van der Waals surface area contributed by atoms with Crippen molar-refractivity contribution in [2.24, 2.45) is 4.99 Å². The number of carbonyl (C=O) groups is 1. The first-order valence-corrected chi connectivity index (χ1v) is 7.91. The second-order valence-corrected chi connectivity index (χ2v) is 5.40. The maximum Gasteiger partial charge on any atom is 0.241 e. The van der Waals surface area contributed by atoms with Crippen LogP contribution in [-0.4, -0.2) is 47.9 Å². The molecule has 7 heteroatoms. The van der Waals surface area contributed by atoms with Crippen molar-refractivity contribution in [3.8, 4) is 0 Å². The molecule has 0 bridgehead atoms. The molecule has 23 heavy (non-hydrogen) atoms. The predicted octanol–water partition coefficient (Wildman–Crippen LogP) is 1.69. The number of rotatable bonds is 5. The molecule has 1 aliphatic heterocycles. The average Bonchev–Trinajstić information content (AvgIpc) is 3.05. The van der Waals surface area contributed by atoms with Crippen LogP contribution in [0.5, 0.6) is 0 Å². The summed E-state index contributed by atoms with van der Waals surface area (Å²) >= 11 is 0. The number of likely N-dealkylation sites (tertiary alicyclic amines) is 1. The number of hydrogen-bond donors (Lipinski definition) is 2. The summed E-state index contributed by atoms with van der Waals surface area (Å²) in [5.74, 6) is 0.789. The summed E-state index contributed by atoms with van der Waals surface area (Å²) in [6, 6.07) is 3.94. The minimum absolute atomic E-state index is 0. The predicted molar refractivity (Wildman–Crippen MR) is 103 cm³/mol. The fraction of sp³-hybridized carbons (Fsp3) is 0.562. The van der Waals surface area contributed by atoms with Gasteiger partial charge < -0.3 is 15.5 Å². The molecular weight excluding hydrogens is 405 g/mol. The van der Waals surface area contributed by atoms with E-state index in [2.05, 4.69) is 20.6 Å². The molecule has 1 aromatic rings. The van der Waals surface area contributed by atoms with Gasteiger partial charge in [0.15, 0.2) is 5.96 Å². The van der Waals surface area contributed by atoms with E-state index >= 15 is 0 Å². The van der Waals surface area contributed by atoms with Crippen molar-refractivity contribution >= 4 is 35.8 Å². The van der Waals surface area contributed by atoms with Gasteiger partial charge in [-0.1, -0.05) is 6.07 Å². The molecule has 6 nitrogen and oxygen atoms in total. The number of halogens is 1. The average molecular weight is 431 g/mol. The molecule has 0 radical (unpaired) electrons. The number of aliphatic imine (C=N–C) groups is 1. The van der Waals surface area contributed by atoms with Crippen LogP contribution in [0.3, 0.4) is 0 Å². The van der Waals surface area contributed by atoms with Crippen LogP contribution in [0, 0.1) is 6.92 Å². The topological polar surface area (TPSA) is 69.6 Å². The van der Waals surface area contributed by atoms with Crippen LogP contribution in [0.15, 0.2) is 23.3 Å². The van der Waals surface area contributed by atoms with Gasteiger partial charge in [-0.05, 0) is 38.3 Å². The molecule has 0 aromatic carbocycles. The molecule has 2 rings (SSSR count). The van der Waals surface area contributed by atoms with E-state index in [0.717, 1.165) is 43.7 Å². The maximum atomic E-state index is 12.1. The Bertz CT molecular complexity index is 529. The first-order valence-electron chi connectivity index (χ1n) is 7.91. The Kier molecular flexibility index (Phi) is 8.90. The maximum absolute atomic E-state index is 12.1. The molecule has 1 amide bonds. The largest absolute Gasteiger partial charge is 0.357 e. The van der Waals surface area contributed by atoms with Crippen molar-refractivity contribution in [3.63, 3.8) is 0 Å². The quantitative estimate of drug-likeness (QED) is 0.423. The van der Waals surface area contributed by atoms with Crippen LogP contribution >= 0.6 is 24.0 Å². The van der Waals surface area contributed by atoms with Crippen LogP contribution in [0.4, 0.5) is 0 Å². The van der Waals surface area contributed by atoms with Gasteiger partial charge in [-0.3, -0.25) is 9.78 Å². The van der Waals surface area contributed by atoms with E-state index < -0.39 is 0 Å². The molecule has 0 saturated carbocycles. The molecule has 1 aromatic heterocycles. The second-order valence-electron chi connectivity index (χ2n) is 5.40. The lowest BCUT2D eigenvalue weighted by molar-refractivity contribution is -0.128. The monoisotopic (exact) mass is 431 g/mol. The van der Waals surface area contributed by atoms with E-state index in [1.165, 1.54) is 0 Å². The first kappa shape index (κ1) is 19.7. The number of nitrogens with one attached hydrogen (secondary N) is 2. The van der Waals surface area contributed by atoms with Gasteiger partial charge in [0.2, 0.25) is 5.91 Å². The van der Waals surface area contributed by atoms with Gasteiger partial charge in [-0.15, -0.1) is 24.0 Å². The Morgan fingerprint density at radius 3 is 2.74 bits per heavy atom. The summed E-state index contributed by atoms with van der Waals surface area (Å²) in [4.78, 5) is 22.8. The van der Waals surface area contributed by atoms with E-state index in [1.807, 2.05) is 30.9 Å². The van der Waals surface area contributed by atoms with Gasteiger partial charge in [0.1, 0.15) is 0 Å². The first-order chi connectivity index (χ1) is 10.7. The van der Waals surface area contributed by atoms with Crippen LogP contribution in [-0.2, 0) is 11.3 Å². The fourth-order valence-electron chi connectivity index (χ4n) is 2.42. The molecule has 128 valence electrons. The third-order valence-electron chi connectivity index (χ3n) is 3.71. The molecule has 0 atom stereocenters. The highest BCUT2D eigenvalue weighted by atomic mass is 127. The van der Waals surface area contributed by atoms with Gasteiger partial charge >= 0.3 is 0 Å². The molecule has 1 saturated heterocycles. The third-order valence-corrected chi connectivity index (χ3v) is 3.71. The Morgan fingerprint density at radius 1 is 1.35 bits per heavy atom. The number of carbonyl (C=O) groups excluding carboxylic acids is 1. The van der Waals surface area contributed by atoms with Gasteiger partial charge in [-0.25, -0.2) is 4.99 Å². The molecule has 1 fully saturated rings. The highest BCUT2D eigenvalue weighted by Gasteiger charge is 2.17. The van der Waals surface area contributed by atoms with Crippen LogP contribution < -0.4 is 10.6 Å². The zero-order chi connectivity index (χ0) is 15.8. The highest BCUT2D eigenvalue weighted by molar-refractivity contribution is 14.0. The summed E-state index contributed by atoms with van der Waals surface area (Å²) in [7, 11) is 0. The number of guanidine groups is 1. The van der Waals surface area contributed by atoms with Crippen molar-refractivity contribution in [2.75, 3.05) is 26.2 Å². The molecule has 1 aliphatic rings. The van der Waals surface area contributed by atoms with Gasteiger partial charge in [0.25, 0.3) is 0 Å². The number of amides is 1. The SMILES string of the molecule is CCNC(=NCc1ncccc1C)NCC(=O)N1CCCC1.I.